The zero-order chi connectivity index (χ0) is 10.4. The van der Waals surface area contributed by atoms with Gasteiger partial charge in [-0.15, -0.1) is 0 Å². The Hall–Kier alpha value is -0.610. The lowest BCUT2D eigenvalue weighted by Gasteiger charge is -2.03. The van der Waals surface area contributed by atoms with E-state index in [0.717, 1.165) is 19.3 Å². The summed E-state index contributed by atoms with van der Waals surface area (Å²) in [6.45, 7) is 2.70. The molecule has 0 radical (unpaired) electrons. The first-order valence-corrected chi connectivity index (χ1v) is 5.18. The lowest BCUT2D eigenvalue weighted by atomic mass is 10.3. The molecule has 0 N–H and O–H groups in total. The molecule has 6 heteroatoms. The number of hydrogen-bond acceptors (Lipinski definition) is 4. The van der Waals surface area contributed by atoms with Crippen LogP contribution in [-0.2, 0) is 0 Å². The molecule has 0 bridgehead atoms. The third kappa shape index (κ3) is 4.07. The van der Waals surface area contributed by atoms with Crippen LogP contribution in [0.1, 0.15) is 26.2 Å². The molecule has 0 atom stereocenters. The Morgan fingerprint density at radius 2 is 1.71 bits per heavy atom. The maximum absolute atomic E-state index is 5.56. The van der Waals surface area contributed by atoms with Crippen molar-refractivity contribution in [2.75, 3.05) is 6.61 Å². The molecule has 0 saturated heterocycles. The Kier molecular flexibility index (Phi) is 4.90. The Bertz CT molecular complexity index is 276. The molecule has 1 rings (SSSR count). The molecular weight excluding hydrogens is 225 g/mol. The van der Waals surface area contributed by atoms with Crippen molar-refractivity contribution in [3.05, 3.63) is 10.6 Å². The summed E-state index contributed by atoms with van der Waals surface area (Å²) in [6, 6.07) is 0.186. The summed E-state index contributed by atoms with van der Waals surface area (Å²) in [5, 5.41) is 0.103. The minimum Gasteiger partial charge on any atom is -0.463 e. The van der Waals surface area contributed by atoms with E-state index in [1.165, 1.54) is 0 Å². The summed E-state index contributed by atoms with van der Waals surface area (Å²) < 4.78 is 5.24. The van der Waals surface area contributed by atoms with E-state index < -0.39 is 0 Å². The van der Waals surface area contributed by atoms with Gasteiger partial charge in [0.25, 0.3) is 0 Å². The second-order valence-electron chi connectivity index (χ2n) is 2.71. The fraction of sp³-hybridized carbons (Fsp3) is 0.625. The number of hydrogen-bond donors (Lipinski definition) is 0. The highest BCUT2D eigenvalue weighted by Crippen LogP contribution is 2.11. The topological polar surface area (TPSA) is 47.9 Å². The van der Waals surface area contributed by atoms with Gasteiger partial charge in [0, 0.05) is 0 Å². The summed E-state index contributed by atoms with van der Waals surface area (Å²) in [4.78, 5) is 11.1. The summed E-state index contributed by atoms with van der Waals surface area (Å²) in [5.41, 5.74) is 0. The van der Waals surface area contributed by atoms with Crippen LogP contribution in [0.5, 0.6) is 6.01 Å². The molecule has 1 aromatic heterocycles. The monoisotopic (exact) mass is 235 g/mol. The summed E-state index contributed by atoms with van der Waals surface area (Å²) in [6.07, 6.45) is 3.23. The van der Waals surface area contributed by atoms with Gasteiger partial charge in [-0.1, -0.05) is 19.8 Å². The van der Waals surface area contributed by atoms with Gasteiger partial charge in [0.2, 0.25) is 10.6 Å². The smallest absolute Gasteiger partial charge is 0.322 e. The van der Waals surface area contributed by atoms with Crippen LogP contribution in [0.25, 0.3) is 0 Å². The van der Waals surface area contributed by atoms with Crippen LogP contribution in [-0.4, -0.2) is 21.6 Å². The van der Waals surface area contributed by atoms with E-state index >= 15 is 0 Å². The van der Waals surface area contributed by atoms with Crippen molar-refractivity contribution in [3.63, 3.8) is 0 Å². The molecule has 14 heavy (non-hydrogen) atoms. The van der Waals surface area contributed by atoms with Gasteiger partial charge < -0.3 is 4.74 Å². The molecule has 0 unspecified atom stereocenters. The predicted molar refractivity (Wildman–Crippen MR) is 54.9 cm³/mol. The average Bonchev–Trinajstić information content (AvgIpc) is 2.11. The van der Waals surface area contributed by atoms with Gasteiger partial charge in [-0.3, -0.25) is 0 Å². The van der Waals surface area contributed by atoms with Crippen molar-refractivity contribution in [3.8, 4) is 6.01 Å². The normalized spacial score (nSPS) is 10.2. The standard InChI is InChI=1S/C8H11Cl2N3O/c1-2-3-4-5-14-8-12-6(9)11-7(10)13-8/h2-5H2,1H3. The molecule has 0 aliphatic rings. The van der Waals surface area contributed by atoms with E-state index in [0.29, 0.717) is 6.61 Å². The number of ether oxygens (including phenoxy) is 1. The molecular formula is C8H11Cl2N3O. The second kappa shape index (κ2) is 5.98. The van der Waals surface area contributed by atoms with Crippen molar-refractivity contribution in [1.29, 1.82) is 0 Å². The van der Waals surface area contributed by atoms with Crippen molar-refractivity contribution in [2.45, 2.75) is 26.2 Å². The Morgan fingerprint density at radius 1 is 1.07 bits per heavy atom. The van der Waals surface area contributed by atoms with Gasteiger partial charge in [-0.2, -0.15) is 15.0 Å². The zero-order valence-corrected chi connectivity index (χ0v) is 9.35. The highest BCUT2D eigenvalue weighted by molar-refractivity contribution is 6.31. The van der Waals surface area contributed by atoms with Crippen LogP contribution in [0, 0.1) is 0 Å². The minimum atomic E-state index is 0.0514. The molecule has 0 spiro atoms. The van der Waals surface area contributed by atoms with Gasteiger partial charge in [0.15, 0.2) is 0 Å². The first kappa shape index (κ1) is 11.5. The summed E-state index contributed by atoms with van der Waals surface area (Å²) in [5.74, 6) is 0. The van der Waals surface area contributed by atoms with Crippen LogP contribution >= 0.6 is 23.2 Å². The molecule has 0 saturated carbocycles. The number of nitrogens with zero attached hydrogens (tertiary/aromatic N) is 3. The molecule has 0 amide bonds. The largest absolute Gasteiger partial charge is 0.463 e. The first-order valence-electron chi connectivity index (χ1n) is 4.42. The van der Waals surface area contributed by atoms with E-state index in [9.17, 15) is 0 Å². The van der Waals surface area contributed by atoms with Gasteiger partial charge in [-0.25, -0.2) is 0 Å². The molecule has 0 aliphatic heterocycles. The maximum atomic E-state index is 5.56. The van der Waals surface area contributed by atoms with Gasteiger partial charge in [0.1, 0.15) is 0 Å². The summed E-state index contributed by atoms with van der Waals surface area (Å²) >= 11 is 11.1. The number of halogens is 2. The first-order chi connectivity index (χ1) is 6.72. The molecule has 1 heterocycles. The molecule has 0 aromatic carbocycles. The summed E-state index contributed by atoms with van der Waals surface area (Å²) in [7, 11) is 0. The van der Waals surface area contributed by atoms with E-state index in [1.54, 1.807) is 0 Å². The van der Waals surface area contributed by atoms with E-state index in [2.05, 4.69) is 21.9 Å². The number of rotatable bonds is 5. The molecule has 4 nitrogen and oxygen atoms in total. The van der Waals surface area contributed by atoms with Crippen LogP contribution in [0.15, 0.2) is 0 Å². The van der Waals surface area contributed by atoms with Crippen molar-refractivity contribution in [2.24, 2.45) is 0 Å². The highest BCUT2D eigenvalue weighted by atomic mass is 35.5. The Balaban J connectivity index is 2.42. The predicted octanol–water partition coefficient (Wildman–Crippen LogP) is 2.75. The van der Waals surface area contributed by atoms with Gasteiger partial charge in [0.05, 0.1) is 6.61 Å². The lowest BCUT2D eigenvalue weighted by Crippen LogP contribution is -2.02. The Morgan fingerprint density at radius 3 is 2.29 bits per heavy atom. The maximum Gasteiger partial charge on any atom is 0.322 e. The minimum absolute atomic E-state index is 0.0514. The van der Waals surface area contributed by atoms with Crippen molar-refractivity contribution in [1.82, 2.24) is 15.0 Å². The highest BCUT2D eigenvalue weighted by Gasteiger charge is 2.03. The number of aromatic nitrogens is 3. The van der Waals surface area contributed by atoms with Crippen LogP contribution in [0.2, 0.25) is 10.6 Å². The molecule has 0 fully saturated rings. The second-order valence-corrected chi connectivity index (χ2v) is 3.39. The third-order valence-electron chi connectivity index (χ3n) is 1.54. The van der Waals surface area contributed by atoms with Crippen molar-refractivity contribution < 1.29 is 4.74 Å². The quantitative estimate of drug-likeness (QED) is 0.737. The Labute approximate surface area is 92.6 Å². The van der Waals surface area contributed by atoms with E-state index in [-0.39, 0.29) is 16.6 Å². The number of unbranched alkanes of at least 4 members (excludes halogenated alkanes) is 2. The lowest BCUT2D eigenvalue weighted by molar-refractivity contribution is 0.282. The molecule has 78 valence electrons. The van der Waals surface area contributed by atoms with Gasteiger partial charge in [-0.05, 0) is 29.6 Å². The fourth-order valence-corrected chi connectivity index (χ4v) is 1.24. The van der Waals surface area contributed by atoms with E-state index in [1.807, 2.05) is 0 Å². The zero-order valence-electron chi connectivity index (χ0n) is 7.83. The third-order valence-corrected chi connectivity index (χ3v) is 1.88. The molecule has 0 aliphatic carbocycles. The van der Waals surface area contributed by atoms with Crippen molar-refractivity contribution >= 4 is 23.2 Å². The van der Waals surface area contributed by atoms with Crippen LogP contribution in [0.4, 0.5) is 0 Å². The molecule has 1 aromatic rings. The van der Waals surface area contributed by atoms with Crippen LogP contribution in [0.3, 0.4) is 0 Å². The fourth-order valence-electron chi connectivity index (χ4n) is 0.889. The van der Waals surface area contributed by atoms with Crippen LogP contribution < -0.4 is 4.74 Å². The van der Waals surface area contributed by atoms with Gasteiger partial charge >= 0.3 is 6.01 Å². The SMILES string of the molecule is CCCCCOc1nc(Cl)nc(Cl)n1. The average molecular weight is 236 g/mol. The van der Waals surface area contributed by atoms with E-state index in [4.69, 9.17) is 27.9 Å².